The first-order valence-electron chi connectivity index (χ1n) is 5.17. The predicted molar refractivity (Wildman–Crippen MR) is 52.1 cm³/mol. The quantitative estimate of drug-likeness (QED) is 0.642. The summed E-state index contributed by atoms with van der Waals surface area (Å²) >= 11 is 0. The summed E-state index contributed by atoms with van der Waals surface area (Å²) < 4.78 is 0. The van der Waals surface area contributed by atoms with Gasteiger partial charge < -0.3 is 5.11 Å². The standard InChI is InChI=1S/C11H20O/c1-2-3-8-11(12)9-6-4-5-7-10-11/h6,9,12H,2-5,7-8,10H2,1H3/t11-/m1/s1. The molecule has 1 aliphatic rings. The molecule has 0 spiro atoms. The van der Waals surface area contributed by atoms with E-state index >= 15 is 0 Å². The van der Waals surface area contributed by atoms with Gasteiger partial charge in [0.05, 0.1) is 5.60 Å². The Bertz CT molecular complexity index is 151. The molecule has 0 saturated carbocycles. The zero-order valence-corrected chi connectivity index (χ0v) is 8.05. The van der Waals surface area contributed by atoms with Crippen LogP contribution in [0.15, 0.2) is 12.2 Å². The Labute approximate surface area is 75.5 Å². The van der Waals surface area contributed by atoms with Gasteiger partial charge >= 0.3 is 0 Å². The fraction of sp³-hybridized carbons (Fsp3) is 0.818. The van der Waals surface area contributed by atoms with E-state index in [1.54, 1.807) is 0 Å². The minimum absolute atomic E-state index is 0.466. The highest BCUT2D eigenvalue weighted by atomic mass is 16.3. The van der Waals surface area contributed by atoms with E-state index in [1.807, 2.05) is 6.08 Å². The summed E-state index contributed by atoms with van der Waals surface area (Å²) in [4.78, 5) is 0. The summed E-state index contributed by atoms with van der Waals surface area (Å²) in [7, 11) is 0. The monoisotopic (exact) mass is 168 g/mol. The summed E-state index contributed by atoms with van der Waals surface area (Å²) in [5.41, 5.74) is -0.466. The minimum atomic E-state index is -0.466. The molecule has 12 heavy (non-hydrogen) atoms. The van der Waals surface area contributed by atoms with Crippen LogP contribution in [0, 0.1) is 0 Å². The lowest BCUT2D eigenvalue weighted by Crippen LogP contribution is -2.24. The van der Waals surface area contributed by atoms with Crippen LogP contribution < -0.4 is 0 Å². The van der Waals surface area contributed by atoms with Crippen molar-refractivity contribution >= 4 is 0 Å². The minimum Gasteiger partial charge on any atom is -0.386 e. The molecule has 1 atom stereocenters. The number of hydrogen-bond donors (Lipinski definition) is 1. The largest absolute Gasteiger partial charge is 0.386 e. The summed E-state index contributed by atoms with van der Waals surface area (Å²) in [5, 5.41) is 10.1. The molecule has 0 aromatic carbocycles. The van der Waals surface area contributed by atoms with E-state index in [2.05, 4.69) is 13.0 Å². The molecule has 0 radical (unpaired) electrons. The van der Waals surface area contributed by atoms with Crippen LogP contribution in [0.1, 0.15) is 51.9 Å². The van der Waals surface area contributed by atoms with Gasteiger partial charge in [0.25, 0.3) is 0 Å². The van der Waals surface area contributed by atoms with Crippen molar-refractivity contribution in [2.75, 3.05) is 0 Å². The summed E-state index contributed by atoms with van der Waals surface area (Å²) in [6.45, 7) is 2.17. The molecule has 1 aliphatic carbocycles. The van der Waals surface area contributed by atoms with Crippen LogP contribution in [0.2, 0.25) is 0 Å². The Morgan fingerprint density at radius 1 is 1.42 bits per heavy atom. The first-order valence-corrected chi connectivity index (χ1v) is 5.17. The third kappa shape index (κ3) is 2.98. The molecule has 0 amide bonds. The molecule has 0 saturated heterocycles. The van der Waals surface area contributed by atoms with Gasteiger partial charge in [-0.3, -0.25) is 0 Å². The van der Waals surface area contributed by atoms with Gasteiger partial charge in [0.1, 0.15) is 0 Å². The number of rotatable bonds is 3. The average Bonchev–Trinajstić information content (AvgIpc) is 2.27. The second-order valence-electron chi connectivity index (χ2n) is 3.86. The topological polar surface area (TPSA) is 20.2 Å². The Morgan fingerprint density at radius 2 is 2.25 bits per heavy atom. The van der Waals surface area contributed by atoms with Crippen molar-refractivity contribution in [2.24, 2.45) is 0 Å². The fourth-order valence-electron chi connectivity index (χ4n) is 1.77. The van der Waals surface area contributed by atoms with Gasteiger partial charge in [0.15, 0.2) is 0 Å². The molecular formula is C11H20O. The van der Waals surface area contributed by atoms with Crippen LogP contribution in [-0.4, -0.2) is 10.7 Å². The van der Waals surface area contributed by atoms with E-state index in [1.165, 1.54) is 19.3 Å². The molecule has 0 unspecified atom stereocenters. The normalized spacial score (nSPS) is 30.2. The van der Waals surface area contributed by atoms with E-state index in [4.69, 9.17) is 0 Å². The van der Waals surface area contributed by atoms with Crippen LogP contribution in [0.25, 0.3) is 0 Å². The highest BCUT2D eigenvalue weighted by Gasteiger charge is 2.22. The highest BCUT2D eigenvalue weighted by molar-refractivity contribution is 5.02. The molecule has 0 aliphatic heterocycles. The Balaban J connectivity index is 2.42. The average molecular weight is 168 g/mol. The maximum Gasteiger partial charge on any atom is 0.0827 e. The summed E-state index contributed by atoms with van der Waals surface area (Å²) in [6, 6.07) is 0. The molecule has 1 nitrogen and oxygen atoms in total. The van der Waals surface area contributed by atoms with Crippen LogP contribution in [-0.2, 0) is 0 Å². The van der Waals surface area contributed by atoms with Crippen molar-refractivity contribution in [2.45, 2.75) is 57.5 Å². The van der Waals surface area contributed by atoms with Gasteiger partial charge in [-0.05, 0) is 32.1 Å². The van der Waals surface area contributed by atoms with Gasteiger partial charge in [0, 0.05) is 0 Å². The van der Waals surface area contributed by atoms with E-state index in [-0.39, 0.29) is 0 Å². The maximum atomic E-state index is 10.1. The second kappa shape index (κ2) is 4.66. The molecule has 0 heterocycles. The number of unbranched alkanes of at least 4 members (excludes halogenated alkanes) is 1. The summed E-state index contributed by atoms with van der Waals surface area (Å²) in [6.07, 6.45) is 11.9. The lowest BCUT2D eigenvalue weighted by Gasteiger charge is -2.23. The number of aliphatic hydroxyl groups is 1. The Kier molecular flexibility index (Phi) is 3.80. The van der Waals surface area contributed by atoms with Crippen molar-refractivity contribution in [3.63, 3.8) is 0 Å². The van der Waals surface area contributed by atoms with Crippen LogP contribution in [0.4, 0.5) is 0 Å². The van der Waals surface area contributed by atoms with Crippen molar-refractivity contribution < 1.29 is 5.11 Å². The number of hydrogen-bond acceptors (Lipinski definition) is 1. The van der Waals surface area contributed by atoms with Gasteiger partial charge in [-0.25, -0.2) is 0 Å². The van der Waals surface area contributed by atoms with E-state index < -0.39 is 5.60 Å². The number of allylic oxidation sites excluding steroid dienone is 1. The van der Waals surface area contributed by atoms with Gasteiger partial charge in [-0.2, -0.15) is 0 Å². The molecule has 1 heteroatoms. The Hall–Kier alpha value is -0.300. The predicted octanol–water partition coefficient (Wildman–Crippen LogP) is 3.04. The van der Waals surface area contributed by atoms with Crippen molar-refractivity contribution in [1.82, 2.24) is 0 Å². The zero-order chi connectivity index (χ0) is 8.86. The molecule has 1 N–H and O–H groups in total. The van der Waals surface area contributed by atoms with Crippen molar-refractivity contribution in [1.29, 1.82) is 0 Å². The van der Waals surface area contributed by atoms with Gasteiger partial charge in [0.2, 0.25) is 0 Å². The van der Waals surface area contributed by atoms with Crippen LogP contribution in [0.3, 0.4) is 0 Å². The third-order valence-electron chi connectivity index (χ3n) is 2.62. The molecule has 0 bridgehead atoms. The van der Waals surface area contributed by atoms with E-state index in [9.17, 15) is 5.11 Å². The highest BCUT2D eigenvalue weighted by Crippen LogP contribution is 2.26. The lowest BCUT2D eigenvalue weighted by atomic mass is 9.92. The molecular weight excluding hydrogens is 148 g/mol. The SMILES string of the molecule is CCCC[C@@]1(O)C=CCCCC1. The fourth-order valence-corrected chi connectivity index (χ4v) is 1.77. The van der Waals surface area contributed by atoms with Gasteiger partial charge in [-0.1, -0.05) is 31.9 Å². The smallest absolute Gasteiger partial charge is 0.0827 e. The second-order valence-corrected chi connectivity index (χ2v) is 3.86. The Morgan fingerprint density at radius 3 is 3.00 bits per heavy atom. The first-order chi connectivity index (χ1) is 5.77. The maximum absolute atomic E-state index is 10.1. The lowest BCUT2D eigenvalue weighted by molar-refractivity contribution is 0.0690. The van der Waals surface area contributed by atoms with Crippen molar-refractivity contribution in [3.05, 3.63) is 12.2 Å². The molecule has 0 aromatic rings. The van der Waals surface area contributed by atoms with Crippen molar-refractivity contribution in [3.8, 4) is 0 Å². The molecule has 1 rings (SSSR count). The molecule has 70 valence electrons. The van der Waals surface area contributed by atoms with E-state index in [0.717, 1.165) is 25.7 Å². The summed E-state index contributed by atoms with van der Waals surface area (Å²) in [5.74, 6) is 0. The van der Waals surface area contributed by atoms with E-state index in [0.29, 0.717) is 0 Å². The third-order valence-corrected chi connectivity index (χ3v) is 2.62. The molecule has 0 fully saturated rings. The van der Waals surface area contributed by atoms with Crippen LogP contribution in [0.5, 0.6) is 0 Å². The van der Waals surface area contributed by atoms with Gasteiger partial charge in [-0.15, -0.1) is 0 Å². The zero-order valence-electron chi connectivity index (χ0n) is 8.05. The first kappa shape index (κ1) is 9.79. The molecule has 0 aromatic heterocycles. The van der Waals surface area contributed by atoms with Crippen LogP contribution >= 0.6 is 0 Å².